The number of carbonyl (C=O) groups is 2. The monoisotopic (exact) mass is 501 g/mol. The highest BCUT2D eigenvalue weighted by Crippen LogP contribution is 2.44. The molecule has 5 nitrogen and oxygen atoms in total. The van der Waals surface area contributed by atoms with Crippen molar-refractivity contribution in [3.63, 3.8) is 0 Å². The average Bonchev–Trinajstić information content (AvgIpc) is 3.14. The summed E-state index contributed by atoms with van der Waals surface area (Å²) in [6, 6.07) is 12.2. The van der Waals surface area contributed by atoms with Crippen LogP contribution in [0.5, 0.6) is 5.75 Å². The summed E-state index contributed by atoms with van der Waals surface area (Å²) in [5.74, 6) is -0.541. The molecule has 0 saturated carbocycles. The highest BCUT2D eigenvalue weighted by molar-refractivity contribution is 7.18. The number of aldehydes is 1. The van der Waals surface area contributed by atoms with Gasteiger partial charge < -0.3 is 14.4 Å². The van der Waals surface area contributed by atoms with Crippen LogP contribution in [0.3, 0.4) is 0 Å². The van der Waals surface area contributed by atoms with Crippen molar-refractivity contribution in [2.24, 2.45) is 0 Å². The van der Waals surface area contributed by atoms with Crippen LogP contribution in [0, 0.1) is 0 Å². The fraction of sp³-hybridized carbons (Fsp3) is 0.231. The third-order valence-corrected chi connectivity index (χ3v) is 6.74. The van der Waals surface area contributed by atoms with E-state index >= 15 is 0 Å². The van der Waals surface area contributed by atoms with Crippen LogP contribution in [0.2, 0.25) is 0 Å². The first kappa shape index (κ1) is 24.5. The van der Waals surface area contributed by atoms with Gasteiger partial charge in [0.15, 0.2) is 4.88 Å². The molecular weight excluding hydrogens is 479 g/mol. The van der Waals surface area contributed by atoms with E-state index in [0.29, 0.717) is 10.6 Å². The van der Waals surface area contributed by atoms with Crippen molar-refractivity contribution < 1.29 is 32.2 Å². The van der Waals surface area contributed by atoms with Crippen molar-refractivity contribution in [3.05, 3.63) is 87.9 Å². The molecule has 0 spiro atoms. The van der Waals surface area contributed by atoms with E-state index in [1.165, 1.54) is 32.2 Å². The fourth-order valence-corrected chi connectivity index (χ4v) is 4.95. The molecule has 0 bridgehead atoms. The number of hydrogen-bond acceptors (Lipinski definition) is 6. The van der Waals surface area contributed by atoms with Crippen molar-refractivity contribution in [2.75, 3.05) is 12.0 Å². The molecule has 3 aromatic rings. The average molecular weight is 502 g/mol. The summed E-state index contributed by atoms with van der Waals surface area (Å²) in [5.41, 5.74) is 1.46. The predicted octanol–water partition coefficient (Wildman–Crippen LogP) is 7.10. The van der Waals surface area contributed by atoms with Crippen LogP contribution in [0.4, 0.5) is 23.9 Å². The number of methoxy groups -OCH3 is 1. The number of hydrogen-bond donors (Lipinski definition) is 0. The number of allylic oxidation sites excluding steroid dienone is 1. The number of ether oxygens (including phenoxy) is 2. The molecule has 0 aliphatic carbocycles. The third-order valence-electron chi connectivity index (χ3n) is 5.64. The molecule has 1 aliphatic heterocycles. The first-order valence-corrected chi connectivity index (χ1v) is 11.6. The molecule has 0 N–H and O–H groups in total. The number of fused-ring (bicyclic) bond motifs is 1. The minimum Gasteiger partial charge on any atom is -0.484 e. The topological polar surface area (TPSA) is 55.8 Å². The maximum atomic E-state index is 13.5. The first-order valence-electron chi connectivity index (χ1n) is 10.8. The number of rotatable bonds is 6. The van der Waals surface area contributed by atoms with Crippen LogP contribution in [-0.4, -0.2) is 19.4 Å². The highest BCUT2D eigenvalue weighted by Gasteiger charge is 2.35. The zero-order valence-corrected chi connectivity index (χ0v) is 19.8. The van der Waals surface area contributed by atoms with Gasteiger partial charge in [0.2, 0.25) is 0 Å². The lowest BCUT2D eigenvalue weighted by molar-refractivity contribution is -0.139. The van der Waals surface area contributed by atoms with Gasteiger partial charge in [0.05, 0.1) is 18.4 Å². The molecule has 1 aromatic heterocycles. The Kier molecular flexibility index (Phi) is 6.98. The molecule has 2 heterocycles. The van der Waals surface area contributed by atoms with E-state index < -0.39 is 23.8 Å². The maximum Gasteiger partial charge on any atom is 0.416 e. The number of anilines is 2. The van der Waals surface area contributed by atoms with Gasteiger partial charge in [-0.2, -0.15) is 13.2 Å². The van der Waals surface area contributed by atoms with E-state index in [0.717, 1.165) is 47.8 Å². The Morgan fingerprint density at radius 2 is 1.94 bits per heavy atom. The Labute approximate surface area is 204 Å². The summed E-state index contributed by atoms with van der Waals surface area (Å²) in [6.07, 6.45) is 0.595. The second-order valence-corrected chi connectivity index (χ2v) is 8.94. The lowest BCUT2D eigenvalue weighted by Gasteiger charge is -2.21. The fourth-order valence-electron chi connectivity index (χ4n) is 3.95. The standard InChI is InChI=1S/C26H22F3NO4S/c1-16(19-8-3-4-9-20(19)26(27,28)29)34-22-14-23(35-24(22)25(32)33-2)30-12-6-5-7-18-11-10-17(15-31)13-21(18)30/h3-4,6,8-16H,5,7H2,1-2H3/t16-/m1/s1. The second kappa shape index (κ2) is 9.95. The van der Waals surface area contributed by atoms with Crippen molar-refractivity contribution in [3.8, 4) is 5.75 Å². The molecule has 9 heteroatoms. The molecular formula is C26H22F3NO4S. The second-order valence-electron chi connectivity index (χ2n) is 7.91. The van der Waals surface area contributed by atoms with E-state index in [1.54, 1.807) is 18.2 Å². The molecule has 0 unspecified atom stereocenters. The summed E-state index contributed by atoms with van der Waals surface area (Å²) >= 11 is 1.10. The van der Waals surface area contributed by atoms with Crippen LogP contribution < -0.4 is 9.64 Å². The van der Waals surface area contributed by atoms with Crippen molar-refractivity contribution in [1.82, 2.24) is 0 Å². The number of esters is 1. The highest BCUT2D eigenvalue weighted by atomic mass is 32.1. The number of thiophene rings is 1. The van der Waals surface area contributed by atoms with Gasteiger partial charge in [0, 0.05) is 23.4 Å². The minimum atomic E-state index is -4.55. The van der Waals surface area contributed by atoms with Gasteiger partial charge in [-0.1, -0.05) is 36.4 Å². The number of nitrogens with zero attached hydrogens (tertiary/aromatic N) is 1. The molecule has 0 amide bonds. The molecule has 2 aromatic carbocycles. The lowest BCUT2D eigenvalue weighted by atomic mass is 10.0. The Hall–Kier alpha value is -3.59. The van der Waals surface area contributed by atoms with Crippen LogP contribution in [0.1, 0.15) is 56.2 Å². The predicted molar refractivity (Wildman–Crippen MR) is 128 cm³/mol. The molecule has 182 valence electrons. The van der Waals surface area contributed by atoms with Crippen molar-refractivity contribution in [2.45, 2.75) is 32.0 Å². The van der Waals surface area contributed by atoms with E-state index in [9.17, 15) is 22.8 Å². The Bertz CT molecular complexity index is 1280. The van der Waals surface area contributed by atoms with E-state index in [2.05, 4.69) is 0 Å². The summed E-state index contributed by atoms with van der Waals surface area (Å²) in [5, 5.41) is 0.596. The Morgan fingerprint density at radius 3 is 2.66 bits per heavy atom. The number of halogens is 3. The number of aryl methyl sites for hydroxylation is 1. The van der Waals surface area contributed by atoms with E-state index in [4.69, 9.17) is 9.47 Å². The molecule has 0 fully saturated rings. The lowest BCUT2D eigenvalue weighted by Crippen LogP contribution is -2.14. The summed E-state index contributed by atoms with van der Waals surface area (Å²) < 4.78 is 51.4. The molecule has 0 radical (unpaired) electrons. The SMILES string of the molecule is COC(=O)c1sc(N2C=CCCc3ccc(C=O)cc32)cc1O[C@H](C)c1ccccc1C(F)(F)F. The molecule has 35 heavy (non-hydrogen) atoms. The zero-order valence-electron chi connectivity index (χ0n) is 19.0. The minimum absolute atomic E-state index is 0.0424. The third kappa shape index (κ3) is 5.09. The van der Waals surface area contributed by atoms with Gasteiger partial charge in [-0.3, -0.25) is 4.79 Å². The van der Waals surface area contributed by atoms with Gasteiger partial charge >= 0.3 is 12.1 Å². The number of alkyl halides is 3. The number of benzene rings is 2. The Morgan fingerprint density at radius 1 is 1.17 bits per heavy atom. The summed E-state index contributed by atoms with van der Waals surface area (Å²) in [6.45, 7) is 1.50. The maximum absolute atomic E-state index is 13.5. The molecule has 1 aliphatic rings. The van der Waals surface area contributed by atoms with Gasteiger partial charge in [-0.25, -0.2) is 4.79 Å². The summed E-state index contributed by atoms with van der Waals surface area (Å²) in [4.78, 5) is 25.9. The van der Waals surface area contributed by atoms with Gasteiger partial charge in [0.25, 0.3) is 0 Å². The van der Waals surface area contributed by atoms with Gasteiger partial charge in [-0.05, 0) is 37.5 Å². The van der Waals surface area contributed by atoms with Crippen molar-refractivity contribution in [1.29, 1.82) is 0 Å². The van der Waals surface area contributed by atoms with Gasteiger partial charge in [-0.15, -0.1) is 11.3 Å². The number of carbonyl (C=O) groups excluding carboxylic acids is 2. The Balaban J connectivity index is 1.75. The van der Waals surface area contributed by atoms with Crippen LogP contribution >= 0.6 is 11.3 Å². The molecule has 0 saturated heterocycles. The molecule has 1 atom stereocenters. The van der Waals surface area contributed by atoms with Crippen molar-refractivity contribution >= 4 is 34.3 Å². The first-order chi connectivity index (χ1) is 16.7. The van der Waals surface area contributed by atoms with Crippen LogP contribution in [-0.2, 0) is 17.3 Å². The molecule has 4 rings (SSSR count). The quantitative estimate of drug-likeness (QED) is 0.266. The van der Waals surface area contributed by atoms with Crippen LogP contribution in [0.15, 0.2) is 60.8 Å². The summed E-state index contributed by atoms with van der Waals surface area (Å²) in [7, 11) is 1.23. The smallest absolute Gasteiger partial charge is 0.416 e. The van der Waals surface area contributed by atoms with E-state index in [-0.39, 0.29) is 16.2 Å². The zero-order chi connectivity index (χ0) is 25.2. The van der Waals surface area contributed by atoms with Crippen LogP contribution in [0.25, 0.3) is 0 Å². The van der Waals surface area contributed by atoms with E-state index in [1.807, 2.05) is 23.2 Å². The largest absolute Gasteiger partial charge is 0.484 e. The van der Waals surface area contributed by atoms with Gasteiger partial charge in [0.1, 0.15) is 23.1 Å². The normalized spacial score (nSPS) is 14.1.